The van der Waals surface area contributed by atoms with Gasteiger partial charge >= 0.3 is 5.97 Å². The smallest absolute Gasteiger partial charge is 0.325 e. The van der Waals surface area contributed by atoms with E-state index in [0.717, 1.165) is 18.9 Å². The summed E-state index contributed by atoms with van der Waals surface area (Å²) in [7, 11) is 3.63. The van der Waals surface area contributed by atoms with Crippen molar-refractivity contribution in [3.63, 3.8) is 0 Å². The minimum atomic E-state index is -0.458. The number of hydrogen-bond donors (Lipinski definition) is 1. The van der Waals surface area contributed by atoms with Crippen LogP contribution in [0.1, 0.15) is 19.8 Å². The summed E-state index contributed by atoms with van der Waals surface area (Å²) in [4.78, 5) is 14.0. The van der Waals surface area contributed by atoms with Gasteiger partial charge < -0.3 is 15.0 Å². The van der Waals surface area contributed by atoms with Gasteiger partial charge in [0.25, 0.3) is 0 Å². The first-order valence-electron chi connectivity index (χ1n) is 6.07. The summed E-state index contributed by atoms with van der Waals surface area (Å²) in [6.45, 7) is 5.27. The second-order valence-electron chi connectivity index (χ2n) is 5.48. The highest BCUT2D eigenvalue weighted by atomic mass is 16.5. The molecule has 2 heterocycles. The zero-order valence-corrected chi connectivity index (χ0v) is 10.5. The van der Waals surface area contributed by atoms with E-state index in [2.05, 4.69) is 17.3 Å². The number of methoxy groups -OCH3 is 1. The summed E-state index contributed by atoms with van der Waals surface area (Å²) in [6.07, 6.45) is 2.18. The largest absolute Gasteiger partial charge is 0.468 e. The number of nitrogens with zero attached hydrogens (tertiary/aromatic N) is 1. The summed E-state index contributed by atoms with van der Waals surface area (Å²) in [5.41, 5.74) is -0.458. The van der Waals surface area contributed by atoms with Gasteiger partial charge in [-0.15, -0.1) is 0 Å². The first kappa shape index (κ1) is 11.9. The Balaban J connectivity index is 1.95. The van der Waals surface area contributed by atoms with Crippen LogP contribution in [0.15, 0.2) is 0 Å². The van der Waals surface area contributed by atoms with Crippen LogP contribution in [-0.4, -0.2) is 50.2 Å². The van der Waals surface area contributed by atoms with Gasteiger partial charge in [-0.1, -0.05) is 0 Å². The molecule has 3 atom stereocenters. The molecule has 16 heavy (non-hydrogen) atoms. The molecule has 0 aliphatic carbocycles. The molecule has 4 heteroatoms. The molecule has 0 amide bonds. The molecule has 0 aromatic heterocycles. The van der Waals surface area contributed by atoms with Gasteiger partial charge in [0.2, 0.25) is 0 Å². The molecular formula is C12H22N2O2. The fourth-order valence-electron chi connectivity index (χ4n) is 3.09. The van der Waals surface area contributed by atoms with E-state index in [-0.39, 0.29) is 5.97 Å². The van der Waals surface area contributed by atoms with E-state index in [4.69, 9.17) is 4.74 Å². The van der Waals surface area contributed by atoms with Crippen molar-refractivity contribution in [2.45, 2.75) is 25.3 Å². The predicted molar refractivity (Wildman–Crippen MR) is 62.1 cm³/mol. The molecule has 0 spiro atoms. The predicted octanol–water partition coefficient (Wildman–Crippen LogP) is 0.479. The maximum atomic E-state index is 11.7. The van der Waals surface area contributed by atoms with Crippen LogP contribution >= 0.6 is 0 Å². The van der Waals surface area contributed by atoms with Crippen molar-refractivity contribution in [3.8, 4) is 0 Å². The van der Waals surface area contributed by atoms with E-state index in [1.807, 2.05) is 6.92 Å². The highest BCUT2D eigenvalue weighted by Crippen LogP contribution is 2.34. The lowest BCUT2D eigenvalue weighted by Crippen LogP contribution is -2.45. The van der Waals surface area contributed by atoms with Crippen LogP contribution in [0.5, 0.6) is 0 Å². The van der Waals surface area contributed by atoms with Crippen LogP contribution in [0.3, 0.4) is 0 Å². The van der Waals surface area contributed by atoms with Crippen molar-refractivity contribution in [1.29, 1.82) is 0 Å². The molecule has 0 aromatic carbocycles. The molecule has 0 bridgehead atoms. The third-order valence-electron chi connectivity index (χ3n) is 4.16. The quantitative estimate of drug-likeness (QED) is 0.695. The van der Waals surface area contributed by atoms with Crippen LogP contribution in [0, 0.1) is 11.8 Å². The normalized spacial score (nSPS) is 40.2. The summed E-state index contributed by atoms with van der Waals surface area (Å²) in [6, 6.07) is 0. The molecule has 4 nitrogen and oxygen atoms in total. The fraction of sp³-hybridized carbons (Fsp3) is 0.917. The summed E-state index contributed by atoms with van der Waals surface area (Å²) in [5, 5.41) is 3.33. The highest BCUT2D eigenvalue weighted by Gasteiger charge is 2.45. The van der Waals surface area contributed by atoms with E-state index in [9.17, 15) is 4.79 Å². The Morgan fingerprint density at radius 1 is 1.50 bits per heavy atom. The Kier molecular flexibility index (Phi) is 3.22. The Hall–Kier alpha value is -0.610. The molecule has 0 saturated carbocycles. The molecule has 2 aliphatic heterocycles. The molecule has 92 valence electrons. The third-order valence-corrected chi connectivity index (χ3v) is 4.16. The van der Waals surface area contributed by atoms with Gasteiger partial charge in [0.05, 0.1) is 7.11 Å². The van der Waals surface area contributed by atoms with Crippen LogP contribution in [-0.2, 0) is 9.53 Å². The Labute approximate surface area is 97.3 Å². The number of rotatable bonds is 2. The summed E-state index contributed by atoms with van der Waals surface area (Å²) >= 11 is 0. The topological polar surface area (TPSA) is 41.6 Å². The number of nitrogens with one attached hydrogen (secondary N) is 1. The molecule has 2 rings (SSSR count). The Morgan fingerprint density at radius 2 is 2.25 bits per heavy atom. The number of esters is 1. The van der Waals surface area contributed by atoms with E-state index in [1.54, 1.807) is 0 Å². The molecule has 1 N–H and O–H groups in total. The molecule has 0 radical (unpaired) electrons. The van der Waals surface area contributed by atoms with Gasteiger partial charge in [-0.25, -0.2) is 0 Å². The average molecular weight is 226 g/mol. The van der Waals surface area contributed by atoms with Gasteiger partial charge in [-0.2, -0.15) is 0 Å². The van der Waals surface area contributed by atoms with Crippen molar-refractivity contribution in [1.82, 2.24) is 10.2 Å². The average Bonchev–Trinajstić information content (AvgIpc) is 2.84. The van der Waals surface area contributed by atoms with Crippen LogP contribution in [0.4, 0.5) is 0 Å². The summed E-state index contributed by atoms with van der Waals surface area (Å²) < 4.78 is 4.86. The Bertz CT molecular complexity index is 282. The maximum absolute atomic E-state index is 11.7. The van der Waals surface area contributed by atoms with E-state index in [0.29, 0.717) is 5.92 Å². The molecule has 2 saturated heterocycles. The molecular weight excluding hydrogens is 204 g/mol. The maximum Gasteiger partial charge on any atom is 0.325 e. The highest BCUT2D eigenvalue weighted by molar-refractivity contribution is 5.80. The van der Waals surface area contributed by atoms with Gasteiger partial charge in [0, 0.05) is 6.54 Å². The van der Waals surface area contributed by atoms with E-state index in [1.165, 1.54) is 26.6 Å². The first-order valence-corrected chi connectivity index (χ1v) is 6.07. The Morgan fingerprint density at radius 3 is 2.81 bits per heavy atom. The standard InChI is InChI=1S/C12H22N2O2/c1-12(11(15)16-3)6-10(7-13-12)9-4-5-14(2)8-9/h9-10,13H,4-8H2,1-3H3. The van der Waals surface area contributed by atoms with Crippen LogP contribution in [0.2, 0.25) is 0 Å². The fourth-order valence-corrected chi connectivity index (χ4v) is 3.09. The van der Waals surface area contributed by atoms with E-state index >= 15 is 0 Å². The number of carbonyl (C=O) groups is 1. The molecule has 0 aromatic rings. The minimum absolute atomic E-state index is 0.124. The van der Waals surface area contributed by atoms with Crippen LogP contribution < -0.4 is 5.32 Å². The van der Waals surface area contributed by atoms with Gasteiger partial charge in [0.15, 0.2) is 0 Å². The summed E-state index contributed by atoms with van der Waals surface area (Å²) in [5.74, 6) is 1.24. The molecule has 2 aliphatic rings. The lowest BCUT2D eigenvalue weighted by atomic mass is 9.85. The molecule has 2 fully saturated rings. The zero-order valence-electron chi connectivity index (χ0n) is 10.5. The lowest BCUT2D eigenvalue weighted by Gasteiger charge is -2.22. The van der Waals surface area contributed by atoms with Crippen molar-refractivity contribution in [3.05, 3.63) is 0 Å². The zero-order chi connectivity index (χ0) is 11.8. The number of likely N-dealkylation sites (tertiary alicyclic amines) is 1. The van der Waals surface area contributed by atoms with Crippen molar-refractivity contribution in [2.24, 2.45) is 11.8 Å². The number of carbonyl (C=O) groups excluding carboxylic acids is 1. The van der Waals surface area contributed by atoms with E-state index < -0.39 is 5.54 Å². The third kappa shape index (κ3) is 2.09. The second kappa shape index (κ2) is 4.34. The van der Waals surface area contributed by atoms with Gasteiger partial charge in [-0.05, 0) is 51.7 Å². The number of ether oxygens (including phenoxy) is 1. The van der Waals surface area contributed by atoms with Crippen molar-refractivity contribution < 1.29 is 9.53 Å². The first-order chi connectivity index (χ1) is 7.55. The minimum Gasteiger partial charge on any atom is -0.468 e. The SMILES string of the molecule is COC(=O)C1(C)CC(C2CCN(C)C2)CN1. The molecule has 3 unspecified atom stereocenters. The van der Waals surface area contributed by atoms with Crippen LogP contribution in [0.25, 0.3) is 0 Å². The number of hydrogen-bond acceptors (Lipinski definition) is 4. The monoisotopic (exact) mass is 226 g/mol. The van der Waals surface area contributed by atoms with Gasteiger partial charge in [0.1, 0.15) is 5.54 Å². The van der Waals surface area contributed by atoms with Crippen molar-refractivity contribution in [2.75, 3.05) is 33.8 Å². The van der Waals surface area contributed by atoms with Crippen molar-refractivity contribution >= 4 is 5.97 Å². The second-order valence-corrected chi connectivity index (χ2v) is 5.48. The lowest BCUT2D eigenvalue weighted by molar-refractivity contribution is -0.147. The van der Waals surface area contributed by atoms with Gasteiger partial charge in [-0.3, -0.25) is 4.79 Å².